The number of esters is 1. The number of ether oxygens (including phenoxy) is 1. The molecule has 120 valence electrons. The van der Waals surface area contributed by atoms with Crippen LogP contribution in [0.2, 0.25) is 0 Å². The topological polar surface area (TPSA) is 72.8 Å². The molecule has 0 unspecified atom stereocenters. The van der Waals surface area contributed by atoms with E-state index in [1.54, 1.807) is 6.07 Å². The second-order valence-corrected chi connectivity index (χ2v) is 4.86. The van der Waals surface area contributed by atoms with E-state index in [9.17, 15) is 18.0 Å². The number of carbonyl (C=O) groups is 1. The Balaban J connectivity index is 1.96. The van der Waals surface area contributed by atoms with Crippen molar-refractivity contribution in [3.8, 4) is 0 Å². The molecule has 3 aromatic rings. The molecule has 0 bridgehead atoms. The first-order chi connectivity index (χ1) is 10.9. The molecule has 1 aromatic carbocycles. The van der Waals surface area contributed by atoms with Crippen LogP contribution in [0.3, 0.4) is 0 Å². The lowest BCUT2D eigenvalue weighted by atomic mass is 10.1. The van der Waals surface area contributed by atoms with Crippen molar-refractivity contribution in [2.75, 3.05) is 0 Å². The third-order valence-electron chi connectivity index (χ3n) is 3.31. The number of imidazole rings is 1. The molecule has 0 aliphatic rings. The number of H-pyrrole nitrogens is 1. The average molecular weight is 324 g/mol. The Kier molecular flexibility index (Phi) is 3.55. The highest BCUT2D eigenvalue weighted by Gasteiger charge is 2.46. The monoisotopic (exact) mass is 324 g/mol. The smallest absolute Gasteiger partial charge is 0.432 e. The molecule has 1 atom stereocenters. The fourth-order valence-electron chi connectivity index (χ4n) is 2.21. The molecule has 2 heterocycles. The molecule has 9 heteroatoms. The fourth-order valence-corrected chi connectivity index (χ4v) is 2.21. The molecule has 0 radical (unpaired) electrons. The van der Waals surface area contributed by atoms with Gasteiger partial charge in [-0.15, -0.1) is 0 Å². The first-order valence-corrected chi connectivity index (χ1v) is 6.55. The van der Waals surface area contributed by atoms with Crippen molar-refractivity contribution in [2.45, 2.75) is 12.3 Å². The number of fused-ring (bicyclic) bond motifs is 1. The largest absolute Gasteiger partial charge is 0.441 e. The standard InChI is InChI=1S/C14H11F3N4O2/c1-21-6-5-18-12(21)11(14(15,16)17)23-13(22)9-4-2-3-8-7-19-20-10(8)9/h2-7,11H,1H3,(H,19,20)/t11-/m0/s1. The van der Waals surface area contributed by atoms with Gasteiger partial charge in [0.25, 0.3) is 6.10 Å². The number of rotatable bonds is 3. The minimum absolute atomic E-state index is 0.0246. The first kappa shape index (κ1) is 15.1. The normalized spacial score (nSPS) is 13.2. The molecule has 0 fully saturated rings. The number of alkyl halides is 3. The summed E-state index contributed by atoms with van der Waals surface area (Å²) < 4.78 is 45.6. The molecule has 0 aliphatic heterocycles. The molecule has 2 aromatic heterocycles. The minimum atomic E-state index is -4.78. The Hall–Kier alpha value is -2.84. The zero-order valence-corrected chi connectivity index (χ0v) is 11.8. The molecule has 0 aliphatic carbocycles. The Morgan fingerprint density at radius 1 is 1.39 bits per heavy atom. The Bertz CT molecular complexity index is 853. The van der Waals surface area contributed by atoms with Gasteiger partial charge in [-0.2, -0.15) is 18.3 Å². The Labute approximate surface area is 127 Å². The number of aromatic amines is 1. The molecule has 0 amide bonds. The van der Waals surface area contributed by atoms with E-state index in [1.165, 1.54) is 37.8 Å². The lowest BCUT2D eigenvalue weighted by Gasteiger charge is -2.20. The van der Waals surface area contributed by atoms with E-state index >= 15 is 0 Å². The van der Waals surface area contributed by atoms with Gasteiger partial charge in [0.2, 0.25) is 0 Å². The highest BCUT2D eigenvalue weighted by Crippen LogP contribution is 2.35. The minimum Gasteiger partial charge on any atom is -0.441 e. The maximum atomic E-state index is 13.2. The number of nitrogens with zero attached hydrogens (tertiary/aromatic N) is 3. The second kappa shape index (κ2) is 5.41. The number of halogens is 3. The number of aryl methyl sites for hydroxylation is 1. The lowest BCUT2D eigenvalue weighted by Crippen LogP contribution is -2.28. The van der Waals surface area contributed by atoms with Crippen LogP contribution in [0.5, 0.6) is 0 Å². The number of para-hydroxylation sites is 1. The van der Waals surface area contributed by atoms with Gasteiger partial charge in [0.15, 0.2) is 5.82 Å². The second-order valence-electron chi connectivity index (χ2n) is 4.86. The lowest BCUT2D eigenvalue weighted by molar-refractivity contribution is -0.210. The number of hydrogen-bond donors (Lipinski definition) is 1. The number of hydrogen-bond acceptors (Lipinski definition) is 4. The first-order valence-electron chi connectivity index (χ1n) is 6.55. The van der Waals surface area contributed by atoms with Gasteiger partial charge in [0.05, 0.1) is 17.3 Å². The molecule has 23 heavy (non-hydrogen) atoms. The zero-order valence-electron chi connectivity index (χ0n) is 11.8. The van der Waals surface area contributed by atoms with Gasteiger partial charge in [-0.05, 0) is 6.07 Å². The van der Waals surface area contributed by atoms with Crippen molar-refractivity contribution >= 4 is 16.9 Å². The molecule has 1 N–H and O–H groups in total. The third kappa shape index (κ3) is 2.77. The summed E-state index contributed by atoms with van der Waals surface area (Å²) in [6.07, 6.45) is -3.22. The summed E-state index contributed by atoms with van der Waals surface area (Å²) in [5, 5.41) is 6.94. The Morgan fingerprint density at radius 2 is 2.17 bits per heavy atom. The number of aromatic nitrogens is 4. The van der Waals surface area contributed by atoms with Crippen LogP contribution in [0.4, 0.5) is 13.2 Å². The molecule has 0 saturated carbocycles. The molecule has 0 spiro atoms. The van der Waals surface area contributed by atoms with Gasteiger partial charge < -0.3 is 9.30 Å². The van der Waals surface area contributed by atoms with Gasteiger partial charge in [-0.25, -0.2) is 9.78 Å². The average Bonchev–Trinajstić information content (AvgIpc) is 3.11. The van der Waals surface area contributed by atoms with Crippen LogP contribution in [0.1, 0.15) is 22.3 Å². The quantitative estimate of drug-likeness (QED) is 0.752. The van der Waals surface area contributed by atoms with E-state index in [2.05, 4.69) is 15.2 Å². The Morgan fingerprint density at radius 3 is 2.83 bits per heavy atom. The summed E-state index contributed by atoms with van der Waals surface area (Å²) in [7, 11) is 1.39. The van der Waals surface area contributed by atoms with E-state index in [4.69, 9.17) is 4.74 Å². The van der Waals surface area contributed by atoms with Crippen LogP contribution in [0, 0.1) is 0 Å². The summed E-state index contributed by atoms with van der Waals surface area (Å²) in [5.41, 5.74) is 0.293. The van der Waals surface area contributed by atoms with Gasteiger partial charge >= 0.3 is 12.1 Å². The van der Waals surface area contributed by atoms with Crippen molar-refractivity contribution in [3.05, 3.63) is 48.2 Å². The van der Waals surface area contributed by atoms with Crippen LogP contribution in [0.25, 0.3) is 10.9 Å². The molecular weight excluding hydrogens is 313 g/mol. The summed E-state index contributed by atoms with van der Waals surface area (Å²) in [6, 6.07) is 4.59. The van der Waals surface area contributed by atoms with Crippen LogP contribution in [0.15, 0.2) is 36.8 Å². The predicted molar refractivity (Wildman–Crippen MR) is 73.5 cm³/mol. The third-order valence-corrected chi connectivity index (χ3v) is 3.31. The van der Waals surface area contributed by atoms with Gasteiger partial charge in [-0.3, -0.25) is 5.10 Å². The van der Waals surface area contributed by atoms with Crippen LogP contribution < -0.4 is 0 Å². The van der Waals surface area contributed by atoms with E-state index < -0.39 is 24.1 Å². The van der Waals surface area contributed by atoms with Crippen LogP contribution >= 0.6 is 0 Å². The maximum absolute atomic E-state index is 13.2. The fraction of sp³-hybridized carbons (Fsp3) is 0.214. The summed E-state index contributed by atoms with van der Waals surface area (Å²) in [5.74, 6) is -1.51. The predicted octanol–water partition coefficient (Wildman–Crippen LogP) is 2.76. The number of benzene rings is 1. The number of nitrogens with one attached hydrogen (secondary N) is 1. The molecule has 0 saturated heterocycles. The van der Waals surface area contributed by atoms with Crippen LogP contribution in [-0.2, 0) is 11.8 Å². The molecular formula is C14H11F3N4O2. The van der Waals surface area contributed by atoms with Crippen molar-refractivity contribution in [2.24, 2.45) is 7.05 Å². The highest BCUT2D eigenvalue weighted by molar-refractivity contribution is 6.02. The highest BCUT2D eigenvalue weighted by atomic mass is 19.4. The van der Waals surface area contributed by atoms with Crippen molar-refractivity contribution in [3.63, 3.8) is 0 Å². The van der Waals surface area contributed by atoms with E-state index in [0.717, 1.165) is 4.57 Å². The summed E-state index contributed by atoms with van der Waals surface area (Å²) in [4.78, 5) is 15.8. The number of carbonyl (C=O) groups excluding carboxylic acids is 1. The van der Waals surface area contributed by atoms with Crippen LogP contribution in [-0.4, -0.2) is 31.9 Å². The van der Waals surface area contributed by atoms with E-state index in [1.807, 2.05) is 0 Å². The molecule has 3 rings (SSSR count). The maximum Gasteiger partial charge on any atom is 0.432 e. The van der Waals surface area contributed by atoms with E-state index in [-0.39, 0.29) is 5.56 Å². The van der Waals surface area contributed by atoms with Crippen molar-refractivity contribution in [1.82, 2.24) is 19.7 Å². The zero-order chi connectivity index (χ0) is 16.6. The van der Waals surface area contributed by atoms with Gasteiger partial charge in [0, 0.05) is 24.8 Å². The van der Waals surface area contributed by atoms with Gasteiger partial charge in [0.1, 0.15) is 0 Å². The van der Waals surface area contributed by atoms with Gasteiger partial charge in [-0.1, -0.05) is 12.1 Å². The SMILES string of the molecule is Cn1ccnc1[C@H](OC(=O)c1cccc2cn[nH]c12)C(F)(F)F. The summed E-state index contributed by atoms with van der Waals surface area (Å²) in [6.45, 7) is 0. The molecule has 6 nitrogen and oxygen atoms in total. The summed E-state index contributed by atoms with van der Waals surface area (Å²) >= 11 is 0. The van der Waals surface area contributed by atoms with Crippen molar-refractivity contribution in [1.29, 1.82) is 0 Å². The van der Waals surface area contributed by atoms with E-state index in [0.29, 0.717) is 10.9 Å². The van der Waals surface area contributed by atoms with Crippen molar-refractivity contribution < 1.29 is 22.7 Å².